The lowest BCUT2D eigenvalue weighted by Crippen LogP contribution is -2.33. The fourth-order valence-corrected chi connectivity index (χ4v) is 2.14. The van der Waals surface area contributed by atoms with Crippen LogP contribution in [0.15, 0.2) is 24.4 Å². The highest BCUT2D eigenvalue weighted by Gasteiger charge is 2.17. The van der Waals surface area contributed by atoms with Gasteiger partial charge in [0, 0.05) is 23.5 Å². The number of rotatable bonds is 3. The molecule has 17 heavy (non-hydrogen) atoms. The summed E-state index contributed by atoms with van der Waals surface area (Å²) in [6, 6.07) is 4.93. The lowest BCUT2D eigenvalue weighted by Gasteiger charge is -2.08. The molecule has 0 aliphatic rings. The van der Waals surface area contributed by atoms with E-state index in [0.717, 1.165) is 16.5 Å². The van der Waals surface area contributed by atoms with Crippen LogP contribution in [-0.4, -0.2) is 24.1 Å². The summed E-state index contributed by atoms with van der Waals surface area (Å²) in [7, 11) is 1.32. The van der Waals surface area contributed by atoms with Gasteiger partial charge in [0.15, 0.2) is 0 Å². The number of esters is 1. The second-order valence-corrected chi connectivity index (χ2v) is 4.22. The zero-order valence-electron chi connectivity index (χ0n) is 9.37. The van der Waals surface area contributed by atoms with E-state index in [1.165, 1.54) is 7.11 Å². The Morgan fingerprint density at radius 1 is 1.59 bits per heavy atom. The van der Waals surface area contributed by atoms with Crippen LogP contribution in [0, 0.1) is 0 Å². The minimum atomic E-state index is -0.671. The molecule has 0 aliphatic heterocycles. The van der Waals surface area contributed by atoms with E-state index < -0.39 is 12.0 Å². The number of benzene rings is 1. The summed E-state index contributed by atoms with van der Waals surface area (Å²) in [6.07, 6.45) is 2.22. The first-order valence-electron chi connectivity index (χ1n) is 5.21. The predicted octanol–water partition coefficient (Wildman–Crippen LogP) is 1.86. The number of carbonyl (C=O) groups is 1. The number of halogens is 1. The van der Waals surface area contributed by atoms with Gasteiger partial charge in [0.25, 0.3) is 0 Å². The van der Waals surface area contributed by atoms with Crippen LogP contribution >= 0.6 is 11.6 Å². The van der Waals surface area contributed by atoms with Crippen molar-refractivity contribution in [2.24, 2.45) is 5.73 Å². The molecule has 0 saturated carbocycles. The average Bonchev–Trinajstić information content (AvgIpc) is 2.72. The van der Waals surface area contributed by atoms with Crippen molar-refractivity contribution in [3.8, 4) is 0 Å². The SMILES string of the molecule is COC(=O)[C@H](N)Cc1c[nH]c2cccc(Cl)c12. The summed E-state index contributed by atoms with van der Waals surface area (Å²) >= 11 is 6.12. The number of fused-ring (bicyclic) bond motifs is 1. The Hall–Kier alpha value is -1.52. The monoisotopic (exact) mass is 252 g/mol. The second-order valence-electron chi connectivity index (χ2n) is 3.81. The van der Waals surface area contributed by atoms with Crippen LogP contribution in [0.25, 0.3) is 10.9 Å². The maximum absolute atomic E-state index is 11.3. The third kappa shape index (κ3) is 2.28. The van der Waals surface area contributed by atoms with Crippen LogP contribution in [0.4, 0.5) is 0 Å². The molecule has 5 heteroatoms. The van der Waals surface area contributed by atoms with E-state index in [0.29, 0.717) is 11.4 Å². The van der Waals surface area contributed by atoms with Crippen molar-refractivity contribution in [1.82, 2.24) is 4.98 Å². The maximum atomic E-state index is 11.3. The fourth-order valence-electron chi connectivity index (χ4n) is 1.84. The van der Waals surface area contributed by atoms with Gasteiger partial charge >= 0.3 is 5.97 Å². The molecule has 0 saturated heterocycles. The topological polar surface area (TPSA) is 68.1 Å². The maximum Gasteiger partial charge on any atom is 0.322 e. The largest absolute Gasteiger partial charge is 0.468 e. The van der Waals surface area contributed by atoms with Crippen molar-refractivity contribution in [2.75, 3.05) is 7.11 Å². The van der Waals surface area contributed by atoms with Gasteiger partial charge in [-0.15, -0.1) is 0 Å². The van der Waals surface area contributed by atoms with E-state index in [1.807, 2.05) is 24.4 Å². The van der Waals surface area contributed by atoms with Crippen LogP contribution in [0.5, 0.6) is 0 Å². The summed E-state index contributed by atoms with van der Waals surface area (Å²) in [5, 5.41) is 1.56. The molecule has 4 nitrogen and oxygen atoms in total. The predicted molar refractivity (Wildman–Crippen MR) is 67.0 cm³/mol. The molecule has 0 amide bonds. The Balaban J connectivity index is 2.34. The highest BCUT2D eigenvalue weighted by atomic mass is 35.5. The van der Waals surface area contributed by atoms with Crippen LogP contribution in [0.3, 0.4) is 0 Å². The number of carbonyl (C=O) groups excluding carboxylic acids is 1. The van der Waals surface area contributed by atoms with Gasteiger partial charge in [0.1, 0.15) is 6.04 Å². The highest BCUT2D eigenvalue weighted by molar-refractivity contribution is 6.35. The highest BCUT2D eigenvalue weighted by Crippen LogP contribution is 2.27. The van der Waals surface area contributed by atoms with Crippen molar-refractivity contribution in [2.45, 2.75) is 12.5 Å². The number of aromatic amines is 1. The average molecular weight is 253 g/mol. The van der Waals surface area contributed by atoms with Gasteiger partial charge in [-0.3, -0.25) is 4.79 Å². The molecule has 2 rings (SSSR count). The summed E-state index contributed by atoms with van der Waals surface area (Å²) < 4.78 is 4.60. The summed E-state index contributed by atoms with van der Waals surface area (Å²) in [6.45, 7) is 0. The number of methoxy groups -OCH3 is 1. The van der Waals surface area contributed by atoms with Gasteiger partial charge in [-0.05, 0) is 17.7 Å². The molecule has 2 aromatic rings. The third-order valence-electron chi connectivity index (χ3n) is 2.68. The molecule has 0 aliphatic carbocycles. The number of nitrogens with one attached hydrogen (secondary N) is 1. The van der Waals surface area contributed by atoms with Crippen molar-refractivity contribution < 1.29 is 9.53 Å². The smallest absolute Gasteiger partial charge is 0.322 e. The van der Waals surface area contributed by atoms with Crippen LogP contribution < -0.4 is 5.73 Å². The van der Waals surface area contributed by atoms with Crippen molar-refractivity contribution in [3.05, 3.63) is 35.0 Å². The summed E-state index contributed by atoms with van der Waals surface area (Å²) in [5.74, 6) is -0.425. The number of hydrogen-bond donors (Lipinski definition) is 2. The summed E-state index contributed by atoms with van der Waals surface area (Å²) in [5.41, 5.74) is 7.58. The standard InChI is InChI=1S/C12H13ClN2O2/c1-17-12(16)9(14)5-7-6-15-10-4-2-3-8(13)11(7)10/h2-4,6,9,15H,5,14H2,1H3/t9-/m1/s1. The Bertz CT molecular complexity index is 550. The molecule has 1 heterocycles. The van der Waals surface area contributed by atoms with E-state index >= 15 is 0 Å². The first kappa shape index (κ1) is 12.0. The van der Waals surface area contributed by atoms with Gasteiger partial charge in [0.2, 0.25) is 0 Å². The minimum Gasteiger partial charge on any atom is -0.468 e. The van der Waals surface area contributed by atoms with Crippen LogP contribution in [0.1, 0.15) is 5.56 Å². The van der Waals surface area contributed by atoms with E-state index in [-0.39, 0.29) is 0 Å². The number of ether oxygens (including phenoxy) is 1. The Kier molecular flexibility index (Phi) is 3.36. The Morgan fingerprint density at radius 3 is 3.06 bits per heavy atom. The van der Waals surface area contributed by atoms with Gasteiger partial charge in [0.05, 0.1) is 12.1 Å². The number of aromatic nitrogens is 1. The quantitative estimate of drug-likeness (QED) is 0.820. The van der Waals surface area contributed by atoms with E-state index in [1.54, 1.807) is 0 Å². The van der Waals surface area contributed by atoms with E-state index in [4.69, 9.17) is 17.3 Å². The molecular weight excluding hydrogens is 240 g/mol. The lowest BCUT2D eigenvalue weighted by molar-refractivity contribution is -0.142. The Labute approximate surface area is 104 Å². The molecule has 0 unspecified atom stereocenters. The first-order chi connectivity index (χ1) is 8.13. The number of H-pyrrole nitrogens is 1. The minimum absolute atomic E-state index is 0.399. The summed E-state index contributed by atoms with van der Waals surface area (Å²) in [4.78, 5) is 14.4. The molecule has 1 aromatic heterocycles. The molecule has 90 valence electrons. The van der Waals surface area contributed by atoms with Crippen molar-refractivity contribution in [1.29, 1.82) is 0 Å². The van der Waals surface area contributed by atoms with Gasteiger partial charge in [-0.2, -0.15) is 0 Å². The van der Waals surface area contributed by atoms with Gasteiger partial charge in [-0.25, -0.2) is 0 Å². The molecule has 1 aromatic carbocycles. The first-order valence-corrected chi connectivity index (χ1v) is 5.59. The molecule has 0 fully saturated rings. The second kappa shape index (κ2) is 4.77. The molecule has 1 atom stereocenters. The van der Waals surface area contributed by atoms with E-state index in [2.05, 4.69) is 9.72 Å². The molecule has 0 bridgehead atoms. The molecule has 0 radical (unpaired) electrons. The fraction of sp³-hybridized carbons (Fsp3) is 0.250. The third-order valence-corrected chi connectivity index (χ3v) is 3.00. The zero-order valence-corrected chi connectivity index (χ0v) is 10.1. The number of nitrogens with two attached hydrogens (primary N) is 1. The van der Waals surface area contributed by atoms with Gasteiger partial charge < -0.3 is 15.5 Å². The molecule has 0 spiro atoms. The zero-order chi connectivity index (χ0) is 12.4. The van der Waals surface area contributed by atoms with Gasteiger partial charge in [-0.1, -0.05) is 17.7 Å². The number of hydrogen-bond acceptors (Lipinski definition) is 3. The normalized spacial score (nSPS) is 12.6. The van der Waals surface area contributed by atoms with Crippen molar-refractivity contribution in [3.63, 3.8) is 0 Å². The lowest BCUT2D eigenvalue weighted by atomic mass is 10.1. The van der Waals surface area contributed by atoms with Crippen LogP contribution in [0.2, 0.25) is 5.02 Å². The molecule has 3 N–H and O–H groups in total. The van der Waals surface area contributed by atoms with E-state index in [9.17, 15) is 4.79 Å². The van der Waals surface area contributed by atoms with Crippen molar-refractivity contribution >= 4 is 28.5 Å². The van der Waals surface area contributed by atoms with Crippen LogP contribution in [-0.2, 0) is 16.0 Å². The molecular formula is C12H13ClN2O2. The Morgan fingerprint density at radius 2 is 2.35 bits per heavy atom.